The molecule has 0 bridgehead atoms. The minimum absolute atomic E-state index is 0.0641. The molecule has 0 aliphatic carbocycles. The normalized spacial score (nSPS) is 29.1. The van der Waals surface area contributed by atoms with E-state index in [9.17, 15) is 24.9 Å². The van der Waals surface area contributed by atoms with Crippen LogP contribution in [0.15, 0.2) is 9.95 Å². The Morgan fingerprint density at radius 3 is 2.76 bits per heavy atom. The molecule has 0 spiro atoms. The van der Waals surface area contributed by atoms with Crippen LogP contribution in [0.1, 0.15) is 10.4 Å². The van der Waals surface area contributed by atoms with Crippen molar-refractivity contribution in [3.63, 3.8) is 0 Å². The zero-order chi connectivity index (χ0) is 15.6. The van der Waals surface area contributed by atoms with Gasteiger partial charge in [0.25, 0.3) is 5.56 Å². The minimum atomic E-state index is -1.44. The molecule has 21 heavy (non-hydrogen) atoms. The number of nitrogens with one attached hydrogen (secondary N) is 2. The molecule has 0 saturated carbocycles. The van der Waals surface area contributed by atoms with Crippen molar-refractivity contribution in [2.24, 2.45) is 0 Å². The molecule has 0 amide bonds. The zero-order valence-electron chi connectivity index (χ0n) is 11.0. The number of thioether (sulfide) groups is 1. The van der Waals surface area contributed by atoms with E-state index in [1.165, 1.54) is 0 Å². The third-order valence-electron chi connectivity index (χ3n) is 3.02. The Morgan fingerprint density at radius 2 is 2.14 bits per heavy atom. The van der Waals surface area contributed by atoms with Crippen molar-refractivity contribution in [1.82, 2.24) is 9.97 Å². The molecule has 4 atom stereocenters. The Balaban J connectivity index is 2.28. The summed E-state index contributed by atoms with van der Waals surface area (Å²) in [5.74, 6) is -0.0641. The first kappa shape index (κ1) is 15.9. The second-order valence-electron chi connectivity index (χ2n) is 4.40. The van der Waals surface area contributed by atoms with Crippen LogP contribution >= 0.6 is 11.8 Å². The maximum atomic E-state index is 11.7. The van der Waals surface area contributed by atoms with Gasteiger partial charge in [0.05, 0.1) is 6.61 Å². The number of aliphatic hydroxyl groups excluding tert-OH is 3. The molecule has 1 aliphatic rings. The lowest BCUT2D eigenvalue weighted by molar-refractivity contribution is -0.178. The summed E-state index contributed by atoms with van der Waals surface area (Å²) in [6.07, 6.45) is -3.14. The highest BCUT2D eigenvalue weighted by atomic mass is 32.2. The number of carbonyl (C=O) groups is 1. The molecular formula is C11H15N3O6S. The van der Waals surface area contributed by atoms with E-state index in [1.54, 1.807) is 6.26 Å². The first-order valence-electron chi connectivity index (χ1n) is 6.03. The van der Waals surface area contributed by atoms with E-state index in [0.717, 1.165) is 11.8 Å². The van der Waals surface area contributed by atoms with Crippen LogP contribution in [0.4, 0.5) is 5.82 Å². The number of carbonyl (C=O) groups excluding carboxylic acids is 1. The third kappa shape index (κ3) is 3.24. The summed E-state index contributed by atoms with van der Waals surface area (Å²) in [6.45, 7) is -0.203. The van der Waals surface area contributed by atoms with Crippen molar-refractivity contribution >= 4 is 23.9 Å². The van der Waals surface area contributed by atoms with Crippen LogP contribution in [0.3, 0.4) is 0 Å². The van der Waals surface area contributed by atoms with Crippen LogP contribution in [0.2, 0.25) is 0 Å². The van der Waals surface area contributed by atoms with Gasteiger partial charge in [-0.15, -0.1) is 0 Å². The molecule has 1 saturated heterocycles. The standard InChI is InChI=1S/C11H15N3O6S/c1-21-11-13-8(4(2-15)9(19)14-11)12-10-7(18)6(17)5(16)3-20-10/h2,5-7,10,16-18H,3H2,1H3,(H2,12,13,14,19)/t5-,6-,7+,10+/m1/s1. The fourth-order valence-corrected chi connectivity index (χ4v) is 2.22. The Kier molecular flexibility index (Phi) is 4.96. The summed E-state index contributed by atoms with van der Waals surface area (Å²) in [5.41, 5.74) is -0.873. The number of aromatic nitrogens is 2. The van der Waals surface area contributed by atoms with E-state index in [0.29, 0.717) is 6.29 Å². The highest BCUT2D eigenvalue weighted by Gasteiger charge is 2.38. The number of rotatable bonds is 4. The second kappa shape index (κ2) is 6.54. The molecule has 116 valence electrons. The predicted molar refractivity (Wildman–Crippen MR) is 73.4 cm³/mol. The predicted octanol–water partition coefficient (Wildman–Crippen LogP) is -1.84. The highest BCUT2D eigenvalue weighted by Crippen LogP contribution is 2.19. The van der Waals surface area contributed by atoms with Crippen molar-refractivity contribution in [1.29, 1.82) is 0 Å². The van der Waals surface area contributed by atoms with Gasteiger partial charge in [0.15, 0.2) is 17.7 Å². The maximum Gasteiger partial charge on any atom is 0.264 e. The van der Waals surface area contributed by atoms with Crippen molar-refractivity contribution < 1.29 is 24.9 Å². The molecular weight excluding hydrogens is 302 g/mol. The summed E-state index contributed by atoms with van der Waals surface area (Å²) < 4.78 is 5.14. The molecule has 0 aromatic carbocycles. The van der Waals surface area contributed by atoms with E-state index in [2.05, 4.69) is 15.3 Å². The smallest absolute Gasteiger partial charge is 0.264 e. The summed E-state index contributed by atoms with van der Waals surface area (Å²) in [7, 11) is 0. The number of aldehydes is 1. The molecule has 10 heteroatoms. The van der Waals surface area contributed by atoms with E-state index in [1.807, 2.05) is 0 Å². The fourth-order valence-electron chi connectivity index (χ4n) is 1.85. The first-order chi connectivity index (χ1) is 9.97. The van der Waals surface area contributed by atoms with Crippen molar-refractivity contribution in [2.75, 3.05) is 18.2 Å². The quantitative estimate of drug-likeness (QED) is 0.245. The molecule has 1 aromatic rings. The van der Waals surface area contributed by atoms with Gasteiger partial charge in [-0.2, -0.15) is 0 Å². The van der Waals surface area contributed by atoms with Gasteiger partial charge in [0, 0.05) is 0 Å². The van der Waals surface area contributed by atoms with Crippen molar-refractivity contribution in [3.05, 3.63) is 15.9 Å². The molecule has 0 unspecified atom stereocenters. The van der Waals surface area contributed by atoms with Gasteiger partial charge in [-0.05, 0) is 6.26 Å². The number of anilines is 1. The van der Waals surface area contributed by atoms with E-state index in [4.69, 9.17) is 4.74 Å². The average molecular weight is 317 g/mol. The Hall–Kier alpha value is -1.46. The number of hydrogen-bond donors (Lipinski definition) is 5. The van der Waals surface area contributed by atoms with Crippen molar-refractivity contribution in [3.8, 4) is 0 Å². The highest BCUT2D eigenvalue weighted by molar-refractivity contribution is 7.98. The van der Waals surface area contributed by atoms with Gasteiger partial charge in [-0.1, -0.05) is 11.8 Å². The van der Waals surface area contributed by atoms with Crippen LogP contribution in [0.25, 0.3) is 0 Å². The maximum absolute atomic E-state index is 11.7. The van der Waals surface area contributed by atoms with Crippen LogP contribution < -0.4 is 10.9 Å². The minimum Gasteiger partial charge on any atom is -0.388 e. The zero-order valence-corrected chi connectivity index (χ0v) is 11.8. The Bertz CT molecular complexity index is 580. The van der Waals surface area contributed by atoms with Crippen LogP contribution in [-0.2, 0) is 4.74 Å². The Labute approximate surface area is 123 Å². The fraction of sp³-hybridized carbons (Fsp3) is 0.545. The number of nitrogens with zero attached hydrogens (tertiary/aromatic N) is 1. The molecule has 0 radical (unpaired) electrons. The van der Waals surface area contributed by atoms with Crippen molar-refractivity contribution in [2.45, 2.75) is 29.7 Å². The molecule has 2 heterocycles. The SMILES string of the molecule is CSc1nc(N[C@H]2OC[C@@H](O)[C@@H](O)[C@@H]2O)c(C=O)c(=O)[nH]1. The van der Waals surface area contributed by atoms with Gasteiger partial charge in [-0.3, -0.25) is 9.59 Å². The monoisotopic (exact) mass is 317 g/mol. The van der Waals surface area contributed by atoms with Gasteiger partial charge >= 0.3 is 0 Å². The Morgan fingerprint density at radius 1 is 1.43 bits per heavy atom. The molecule has 9 nitrogen and oxygen atoms in total. The number of aromatic amines is 1. The van der Waals surface area contributed by atoms with Crippen LogP contribution in [0.5, 0.6) is 0 Å². The second-order valence-corrected chi connectivity index (χ2v) is 5.20. The summed E-state index contributed by atoms with van der Waals surface area (Å²) in [4.78, 5) is 29.1. The summed E-state index contributed by atoms with van der Waals surface area (Å²) in [6, 6.07) is 0. The lowest BCUT2D eigenvalue weighted by Gasteiger charge is -2.35. The lowest BCUT2D eigenvalue weighted by Crippen LogP contribution is -2.55. The number of hydrogen-bond acceptors (Lipinski definition) is 9. The lowest BCUT2D eigenvalue weighted by atomic mass is 10.0. The van der Waals surface area contributed by atoms with E-state index >= 15 is 0 Å². The number of ether oxygens (including phenoxy) is 1. The van der Waals surface area contributed by atoms with Crippen LogP contribution in [0, 0.1) is 0 Å². The molecule has 1 fully saturated rings. The number of H-pyrrole nitrogens is 1. The largest absolute Gasteiger partial charge is 0.388 e. The topological polar surface area (TPSA) is 145 Å². The van der Waals surface area contributed by atoms with Gasteiger partial charge in [0.1, 0.15) is 29.7 Å². The van der Waals surface area contributed by atoms with Gasteiger partial charge in [0.2, 0.25) is 0 Å². The number of aliphatic hydroxyl groups is 3. The first-order valence-corrected chi connectivity index (χ1v) is 7.26. The molecule has 2 rings (SSSR count). The third-order valence-corrected chi connectivity index (χ3v) is 3.60. The molecule has 5 N–H and O–H groups in total. The molecule has 1 aromatic heterocycles. The van der Waals surface area contributed by atoms with E-state index < -0.39 is 30.1 Å². The molecule has 1 aliphatic heterocycles. The van der Waals surface area contributed by atoms with Gasteiger partial charge in [-0.25, -0.2) is 4.98 Å². The summed E-state index contributed by atoms with van der Waals surface area (Å²) >= 11 is 1.16. The van der Waals surface area contributed by atoms with E-state index in [-0.39, 0.29) is 23.1 Å². The average Bonchev–Trinajstić information content (AvgIpc) is 2.47. The summed E-state index contributed by atoms with van der Waals surface area (Å²) in [5, 5.41) is 31.7. The van der Waals surface area contributed by atoms with Crippen LogP contribution in [-0.4, -0.2) is 69.0 Å². The van der Waals surface area contributed by atoms with Gasteiger partial charge < -0.3 is 30.4 Å².